The van der Waals surface area contributed by atoms with Crippen molar-refractivity contribution in [3.8, 4) is 11.6 Å². The standard InChI is InChI=1S/C19H14F4N6O2/c20-14-11(3-1-4-12(14)19(21,22)23)18(30)29-10-7-28-16(13(29)9-31-8-10)26-27-17(28)15-24-5-2-6-25-15/h1-6,10,13H,7-9H2. The van der Waals surface area contributed by atoms with Gasteiger partial charge in [0.1, 0.15) is 11.9 Å². The van der Waals surface area contributed by atoms with Crippen LogP contribution in [0.2, 0.25) is 0 Å². The number of hydrogen-bond acceptors (Lipinski definition) is 6. The summed E-state index contributed by atoms with van der Waals surface area (Å²) in [5.74, 6) is -1.31. The monoisotopic (exact) mass is 434 g/mol. The second-order valence-corrected chi connectivity index (χ2v) is 7.15. The summed E-state index contributed by atoms with van der Waals surface area (Å²) in [6, 6.07) is 3.04. The maximum absolute atomic E-state index is 14.6. The van der Waals surface area contributed by atoms with Crippen molar-refractivity contribution in [3.05, 3.63) is 59.4 Å². The zero-order valence-electron chi connectivity index (χ0n) is 15.8. The van der Waals surface area contributed by atoms with E-state index < -0.39 is 41.1 Å². The molecule has 3 aromatic rings. The summed E-state index contributed by atoms with van der Waals surface area (Å²) in [5.41, 5.74) is -2.13. The SMILES string of the molecule is O=C(c1cccc(C(F)(F)F)c1F)N1C2COCC1c1nnc(-c3ncccn3)n1C2. The Labute approximate surface area is 172 Å². The van der Waals surface area contributed by atoms with Gasteiger partial charge < -0.3 is 14.2 Å². The van der Waals surface area contributed by atoms with Crippen molar-refractivity contribution in [2.45, 2.75) is 24.8 Å². The molecule has 0 spiro atoms. The van der Waals surface area contributed by atoms with Gasteiger partial charge in [0, 0.05) is 18.9 Å². The van der Waals surface area contributed by atoms with E-state index in [4.69, 9.17) is 4.74 Å². The number of rotatable bonds is 2. The molecule has 0 radical (unpaired) electrons. The Morgan fingerprint density at radius 2 is 1.87 bits per heavy atom. The molecule has 160 valence electrons. The Hall–Kier alpha value is -3.41. The highest BCUT2D eigenvalue weighted by atomic mass is 19.4. The molecule has 8 nitrogen and oxygen atoms in total. The van der Waals surface area contributed by atoms with Crippen LogP contribution in [0, 0.1) is 5.82 Å². The lowest BCUT2D eigenvalue weighted by Gasteiger charge is -2.45. The number of hydrogen-bond donors (Lipinski definition) is 0. The van der Waals surface area contributed by atoms with Crippen LogP contribution in [0.1, 0.15) is 27.8 Å². The molecule has 31 heavy (non-hydrogen) atoms. The summed E-state index contributed by atoms with van der Waals surface area (Å²) in [5, 5.41) is 8.28. The third-order valence-corrected chi connectivity index (χ3v) is 5.32. The highest BCUT2D eigenvalue weighted by Crippen LogP contribution is 2.37. The fourth-order valence-electron chi connectivity index (χ4n) is 3.97. The van der Waals surface area contributed by atoms with Crippen LogP contribution < -0.4 is 0 Å². The van der Waals surface area contributed by atoms with E-state index in [1.54, 1.807) is 23.0 Å². The predicted octanol–water partition coefficient (Wildman–Crippen LogP) is 2.49. The minimum absolute atomic E-state index is 0.0522. The van der Waals surface area contributed by atoms with Crippen LogP contribution in [0.25, 0.3) is 11.6 Å². The van der Waals surface area contributed by atoms with Crippen LogP contribution >= 0.6 is 0 Å². The summed E-state index contributed by atoms with van der Waals surface area (Å²) in [7, 11) is 0. The van der Waals surface area contributed by atoms with Gasteiger partial charge in [0.05, 0.1) is 30.4 Å². The molecule has 1 fully saturated rings. The second kappa shape index (κ2) is 7.08. The molecule has 0 aliphatic carbocycles. The molecule has 2 aromatic heterocycles. The molecular formula is C19H14F4N6O2. The Kier molecular flexibility index (Phi) is 4.46. The van der Waals surface area contributed by atoms with E-state index in [1.165, 1.54) is 4.90 Å². The molecule has 2 bridgehead atoms. The Morgan fingerprint density at radius 3 is 2.61 bits per heavy atom. The third kappa shape index (κ3) is 3.14. The van der Waals surface area contributed by atoms with Gasteiger partial charge in [-0.2, -0.15) is 13.2 Å². The molecule has 1 aromatic carbocycles. The van der Waals surface area contributed by atoms with Crippen LogP contribution in [0.15, 0.2) is 36.7 Å². The van der Waals surface area contributed by atoms with E-state index in [0.717, 1.165) is 12.1 Å². The maximum atomic E-state index is 14.6. The van der Waals surface area contributed by atoms with Gasteiger partial charge in [0.2, 0.25) is 5.82 Å². The normalized spacial score (nSPS) is 20.5. The molecule has 4 heterocycles. The number of aromatic nitrogens is 5. The van der Waals surface area contributed by atoms with Crippen LogP contribution in [-0.2, 0) is 17.5 Å². The average molecular weight is 434 g/mol. The van der Waals surface area contributed by atoms with Gasteiger partial charge in [0.25, 0.3) is 5.91 Å². The van der Waals surface area contributed by atoms with E-state index in [2.05, 4.69) is 20.2 Å². The average Bonchev–Trinajstić information content (AvgIpc) is 3.16. The number of halogens is 4. The highest BCUT2D eigenvalue weighted by molar-refractivity contribution is 5.95. The Morgan fingerprint density at radius 1 is 1.10 bits per heavy atom. The van der Waals surface area contributed by atoms with Crippen molar-refractivity contribution >= 4 is 5.91 Å². The number of alkyl halides is 3. The summed E-state index contributed by atoms with van der Waals surface area (Å²) in [4.78, 5) is 22.8. The van der Waals surface area contributed by atoms with Crippen molar-refractivity contribution in [1.29, 1.82) is 0 Å². The molecule has 12 heteroatoms. The number of fused-ring (bicyclic) bond motifs is 4. The van der Waals surface area contributed by atoms with Crippen molar-refractivity contribution < 1.29 is 27.1 Å². The van der Waals surface area contributed by atoms with Crippen molar-refractivity contribution in [2.24, 2.45) is 0 Å². The minimum Gasteiger partial charge on any atom is -0.377 e. The fraction of sp³-hybridized carbons (Fsp3) is 0.316. The summed E-state index contributed by atoms with van der Waals surface area (Å²) >= 11 is 0. The van der Waals surface area contributed by atoms with Crippen LogP contribution in [0.4, 0.5) is 17.6 Å². The van der Waals surface area contributed by atoms with Crippen LogP contribution in [0.5, 0.6) is 0 Å². The minimum atomic E-state index is -4.91. The molecule has 1 saturated heterocycles. The summed E-state index contributed by atoms with van der Waals surface area (Å²) in [6.45, 7) is 0.394. The van der Waals surface area contributed by atoms with Gasteiger partial charge in [-0.1, -0.05) is 6.07 Å². The van der Waals surface area contributed by atoms with Gasteiger partial charge in [0.15, 0.2) is 11.6 Å². The zero-order chi connectivity index (χ0) is 21.8. The first-order valence-corrected chi connectivity index (χ1v) is 9.33. The number of morpholine rings is 1. The van der Waals surface area contributed by atoms with Gasteiger partial charge in [-0.3, -0.25) is 4.79 Å². The third-order valence-electron chi connectivity index (χ3n) is 5.32. The number of ether oxygens (including phenoxy) is 1. The number of nitrogens with zero attached hydrogens (tertiary/aromatic N) is 6. The zero-order valence-corrected chi connectivity index (χ0v) is 15.8. The van der Waals surface area contributed by atoms with Crippen molar-refractivity contribution in [1.82, 2.24) is 29.6 Å². The maximum Gasteiger partial charge on any atom is 0.419 e. The number of carbonyl (C=O) groups is 1. The van der Waals surface area contributed by atoms with Crippen LogP contribution in [0.3, 0.4) is 0 Å². The van der Waals surface area contributed by atoms with Gasteiger partial charge in [-0.15, -0.1) is 10.2 Å². The van der Waals surface area contributed by atoms with E-state index in [1.807, 2.05) is 0 Å². The first kappa shape index (κ1) is 19.5. The van der Waals surface area contributed by atoms with Gasteiger partial charge in [-0.25, -0.2) is 14.4 Å². The lowest BCUT2D eigenvalue weighted by atomic mass is 10.0. The van der Waals surface area contributed by atoms with Gasteiger partial charge in [-0.05, 0) is 18.2 Å². The van der Waals surface area contributed by atoms with Gasteiger partial charge >= 0.3 is 6.18 Å². The van der Waals surface area contributed by atoms with Crippen molar-refractivity contribution in [3.63, 3.8) is 0 Å². The number of carbonyl (C=O) groups excluding carboxylic acids is 1. The topological polar surface area (TPSA) is 86.0 Å². The molecule has 0 N–H and O–H groups in total. The largest absolute Gasteiger partial charge is 0.419 e. The molecule has 0 saturated carbocycles. The predicted molar refractivity (Wildman–Crippen MR) is 96.0 cm³/mol. The summed E-state index contributed by atoms with van der Waals surface area (Å²) < 4.78 is 61.3. The van der Waals surface area contributed by atoms with E-state index in [0.29, 0.717) is 23.5 Å². The first-order valence-electron chi connectivity index (χ1n) is 9.33. The quantitative estimate of drug-likeness (QED) is 0.576. The molecule has 2 aliphatic rings. The molecule has 2 aliphatic heterocycles. The second-order valence-electron chi connectivity index (χ2n) is 7.15. The number of benzene rings is 1. The Balaban J connectivity index is 1.55. The highest BCUT2D eigenvalue weighted by Gasteiger charge is 2.45. The smallest absolute Gasteiger partial charge is 0.377 e. The molecule has 2 unspecified atom stereocenters. The molecule has 2 atom stereocenters. The molecular weight excluding hydrogens is 420 g/mol. The lowest BCUT2D eigenvalue weighted by molar-refractivity contribution is -0.140. The van der Waals surface area contributed by atoms with E-state index in [9.17, 15) is 22.4 Å². The Bertz CT molecular complexity index is 1150. The molecule has 5 rings (SSSR count). The number of amides is 1. The van der Waals surface area contributed by atoms with Crippen LogP contribution in [-0.4, -0.2) is 54.8 Å². The van der Waals surface area contributed by atoms with E-state index >= 15 is 0 Å². The fourth-order valence-corrected chi connectivity index (χ4v) is 3.97. The lowest BCUT2D eigenvalue weighted by Crippen LogP contribution is -2.56. The summed E-state index contributed by atoms with van der Waals surface area (Å²) in [6.07, 6.45) is -1.79. The molecule has 1 amide bonds. The van der Waals surface area contributed by atoms with Crippen molar-refractivity contribution in [2.75, 3.05) is 13.2 Å². The van der Waals surface area contributed by atoms with E-state index in [-0.39, 0.29) is 19.8 Å². The first-order chi connectivity index (χ1) is 14.9.